The summed E-state index contributed by atoms with van der Waals surface area (Å²) < 4.78 is 0. The first-order valence-corrected chi connectivity index (χ1v) is 5.67. The quantitative estimate of drug-likeness (QED) is 0.553. The van der Waals surface area contributed by atoms with Crippen molar-refractivity contribution in [1.82, 2.24) is 0 Å². The van der Waals surface area contributed by atoms with Crippen LogP contribution in [0.25, 0.3) is 0 Å². The van der Waals surface area contributed by atoms with Gasteiger partial charge in [-0.15, -0.1) is 0 Å². The third kappa shape index (κ3) is 2.81. The molecule has 0 aliphatic rings. The molecule has 2 rings (SSSR count). The Morgan fingerprint density at radius 3 is 2.53 bits per heavy atom. The Balaban J connectivity index is 2.33. The molecule has 0 atom stereocenters. The van der Waals surface area contributed by atoms with Gasteiger partial charge in [-0.1, -0.05) is 41.6 Å². The molecule has 0 radical (unpaired) electrons. The topological polar surface area (TPSA) is 26.0 Å². The molecule has 0 unspecified atom stereocenters. The maximum absolute atomic E-state index is 6.03. The second kappa shape index (κ2) is 4.95. The van der Waals surface area contributed by atoms with Gasteiger partial charge in [-0.2, -0.15) is 0 Å². The van der Waals surface area contributed by atoms with Crippen LogP contribution in [0.15, 0.2) is 42.5 Å². The summed E-state index contributed by atoms with van der Waals surface area (Å²) in [5.74, 6) is 6.10. The predicted octanol–water partition coefficient (Wildman–Crippen LogP) is 3.63. The second-order valence-electron chi connectivity index (χ2n) is 3.80. The Hall–Kier alpha value is -1.91. The molecule has 2 aromatic carbocycles. The van der Waals surface area contributed by atoms with E-state index in [0.29, 0.717) is 5.69 Å². The fourth-order valence-corrected chi connectivity index (χ4v) is 1.60. The largest absolute Gasteiger partial charge is 0.398 e. The van der Waals surface area contributed by atoms with Gasteiger partial charge in [0.15, 0.2) is 0 Å². The van der Waals surface area contributed by atoms with Crippen LogP contribution in [0, 0.1) is 18.8 Å². The maximum atomic E-state index is 6.03. The molecule has 0 fully saturated rings. The highest BCUT2D eigenvalue weighted by Crippen LogP contribution is 2.16. The van der Waals surface area contributed by atoms with E-state index in [9.17, 15) is 0 Å². The predicted molar refractivity (Wildman–Crippen MR) is 73.0 cm³/mol. The van der Waals surface area contributed by atoms with Crippen molar-refractivity contribution in [1.29, 1.82) is 0 Å². The Morgan fingerprint density at radius 2 is 1.82 bits per heavy atom. The number of rotatable bonds is 0. The molecule has 2 heteroatoms. The zero-order chi connectivity index (χ0) is 12.3. The number of aryl methyl sites for hydroxylation is 1. The molecule has 84 valence electrons. The van der Waals surface area contributed by atoms with E-state index in [-0.39, 0.29) is 0 Å². The van der Waals surface area contributed by atoms with Crippen LogP contribution < -0.4 is 5.73 Å². The van der Waals surface area contributed by atoms with E-state index in [1.54, 1.807) is 0 Å². The molecule has 0 spiro atoms. The number of benzene rings is 2. The van der Waals surface area contributed by atoms with Crippen molar-refractivity contribution >= 4 is 17.3 Å². The van der Waals surface area contributed by atoms with Crippen molar-refractivity contribution in [2.24, 2.45) is 0 Å². The minimum absolute atomic E-state index is 0.693. The van der Waals surface area contributed by atoms with Gasteiger partial charge in [0, 0.05) is 21.8 Å². The van der Waals surface area contributed by atoms with Crippen molar-refractivity contribution in [3.8, 4) is 11.8 Å². The van der Waals surface area contributed by atoms with E-state index < -0.39 is 0 Å². The van der Waals surface area contributed by atoms with Crippen molar-refractivity contribution in [3.63, 3.8) is 0 Å². The van der Waals surface area contributed by atoms with Gasteiger partial charge in [0.05, 0.1) is 0 Å². The van der Waals surface area contributed by atoms with Crippen molar-refractivity contribution < 1.29 is 0 Å². The minimum atomic E-state index is 0.693. The Morgan fingerprint density at radius 1 is 1.06 bits per heavy atom. The van der Waals surface area contributed by atoms with Gasteiger partial charge >= 0.3 is 0 Å². The van der Waals surface area contributed by atoms with E-state index in [2.05, 4.69) is 11.8 Å². The monoisotopic (exact) mass is 241 g/mol. The summed E-state index contributed by atoms with van der Waals surface area (Å²) in [6.45, 7) is 1.97. The SMILES string of the molecule is Cc1ccc(C#Cc2ccccc2N)cc1Cl. The molecule has 0 aromatic heterocycles. The van der Waals surface area contributed by atoms with Crippen molar-refractivity contribution in [2.75, 3.05) is 5.73 Å². The van der Waals surface area contributed by atoms with Crippen LogP contribution in [0.1, 0.15) is 16.7 Å². The van der Waals surface area contributed by atoms with E-state index in [0.717, 1.165) is 21.7 Å². The molecule has 0 heterocycles. The number of anilines is 1. The number of nitrogen functional groups attached to an aromatic ring is 1. The summed E-state index contributed by atoms with van der Waals surface area (Å²) in [5, 5.41) is 0.734. The van der Waals surface area contributed by atoms with Gasteiger partial charge in [0.1, 0.15) is 0 Å². The molecular weight excluding hydrogens is 230 g/mol. The number of nitrogens with two attached hydrogens (primary N) is 1. The molecule has 0 amide bonds. The molecule has 0 aliphatic carbocycles. The summed E-state index contributed by atoms with van der Waals surface area (Å²) in [4.78, 5) is 0. The lowest BCUT2D eigenvalue weighted by Crippen LogP contribution is -1.88. The first kappa shape index (κ1) is 11.6. The van der Waals surface area contributed by atoms with Gasteiger partial charge in [-0.05, 0) is 36.8 Å². The number of hydrogen-bond acceptors (Lipinski definition) is 1. The van der Waals surface area contributed by atoms with E-state index >= 15 is 0 Å². The molecule has 1 nitrogen and oxygen atoms in total. The van der Waals surface area contributed by atoms with Crippen molar-refractivity contribution in [2.45, 2.75) is 6.92 Å². The molecular formula is C15H12ClN. The summed E-state index contributed by atoms with van der Waals surface area (Å²) in [6.07, 6.45) is 0. The molecule has 17 heavy (non-hydrogen) atoms. The third-order valence-electron chi connectivity index (χ3n) is 2.47. The molecule has 0 bridgehead atoms. The van der Waals surface area contributed by atoms with Crippen LogP contribution in [0.3, 0.4) is 0 Å². The summed E-state index contributed by atoms with van der Waals surface area (Å²) in [7, 11) is 0. The highest BCUT2D eigenvalue weighted by Gasteiger charge is 1.95. The maximum Gasteiger partial charge on any atom is 0.0478 e. The Labute approximate surface area is 106 Å². The van der Waals surface area contributed by atoms with Crippen LogP contribution in [0.4, 0.5) is 5.69 Å². The average molecular weight is 242 g/mol. The lowest BCUT2D eigenvalue weighted by atomic mass is 10.1. The normalized spacial score (nSPS) is 9.53. The number of para-hydroxylation sites is 1. The highest BCUT2D eigenvalue weighted by molar-refractivity contribution is 6.31. The van der Waals surface area contributed by atoms with Crippen LogP contribution in [0.2, 0.25) is 5.02 Å². The summed E-state index contributed by atoms with van der Waals surface area (Å²) in [5.41, 5.74) is 9.28. The minimum Gasteiger partial charge on any atom is -0.398 e. The van der Waals surface area contributed by atoms with Gasteiger partial charge in [0.2, 0.25) is 0 Å². The van der Waals surface area contributed by atoms with Crippen molar-refractivity contribution in [3.05, 3.63) is 64.2 Å². The van der Waals surface area contributed by atoms with Crippen LogP contribution in [-0.2, 0) is 0 Å². The Bertz CT molecular complexity index is 606. The lowest BCUT2D eigenvalue weighted by molar-refractivity contribution is 1.46. The van der Waals surface area contributed by atoms with E-state index in [1.165, 1.54) is 0 Å². The number of halogens is 1. The van der Waals surface area contributed by atoms with Gasteiger partial charge < -0.3 is 5.73 Å². The van der Waals surface area contributed by atoms with Crippen LogP contribution >= 0.6 is 11.6 Å². The smallest absolute Gasteiger partial charge is 0.0478 e. The molecule has 0 saturated heterocycles. The fourth-order valence-electron chi connectivity index (χ4n) is 1.42. The average Bonchev–Trinajstić information content (AvgIpc) is 2.32. The molecule has 0 aliphatic heterocycles. The van der Waals surface area contributed by atoms with Crippen LogP contribution in [-0.4, -0.2) is 0 Å². The molecule has 2 N–H and O–H groups in total. The van der Waals surface area contributed by atoms with E-state index in [1.807, 2.05) is 49.4 Å². The Kier molecular flexibility index (Phi) is 3.37. The standard InChI is InChI=1S/C15H12ClN/c1-11-6-7-12(10-14(11)16)8-9-13-4-2-3-5-15(13)17/h2-7,10H,17H2,1H3. The van der Waals surface area contributed by atoms with Gasteiger partial charge in [-0.25, -0.2) is 0 Å². The second-order valence-corrected chi connectivity index (χ2v) is 4.21. The third-order valence-corrected chi connectivity index (χ3v) is 2.88. The first-order chi connectivity index (χ1) is 8.16. The lowest BCUT2D eigenvalue weighted by Gasteiger charge is -1.98. The van der Waals surface area contributed by atoms with Gasteiger partial charge in [0.25, 0.3) is 0 Å². The molecule has 0 saturated carbocycles. The zero-order valence-corrected chi connectivity index (χ0v) is 10.3. The fraction of sp³-hybridized carbons (Fsp3) is 0.0667. The first-order valence-electron chi connectivity index (χ1n) is 5.29. The van der Waals surface area contributed by atoms with Crippen LogP contribution in [0.5, 0.6) is 0 Å². The summed E-state index contributed by atoms with van der Waals surface area (Å²) in [6, 6.07) is 13.3. The summed E-state index contributed by atoms with van der Waals surface area (Å²) >= 11 is 6.03. The molecule has 2 aromatic rings. The zero-order valence-electron chi connectivity index (χ0n) is 9.50. The van der Waals surface area contributed by atoms with Gasteiger partial charge in [-0.3, -0.25) is 0 Å². The number of hydrogen-bond donors (Lipinski definition) is 1. The highest BCUT2D eigenvalue weighted by atomic mass is 35.5. The van der Waals surface area contributed by atoms with E-state index in [4.69, 9.17) is 17.3 Å².